The Morgan fingerprint density at radius 3 is 2.93 bits per heavy atom. The molecular weight excluding hydrogens is 174 g/mol. The Bertz CT molecular complexity index is 320. The largest absolute Gasteiger partial charge is 0.467 e. The summed E-state index contributed by atoms with van der Waals surface area (Å²) in [4.78, 5) is 0. The van der Waals surface area contributed by atoms with E-state index in [2.05, 4.69) is 26.1 Å². The van der Waals surface area contributed by atoms with Gasteiger partial charge in [0.15, 0.2) is 0 Å². The lowest BCUT2D eigenvalue weighted by Gasteiger charge is -2.19. The smallest absolute Gasteiger partial charge is 0.127 e. The Hall–Kier alpha value is -0.920. The summed E-state index contributed by atoms with van der Waals surface area (Å²) in [6.07, 6.45) is 5.29. The zero-order chi connectivity index (χ0) is 10.2. The number of fused-ring (bicyclic) bond motifs is 1. The fraction of sp³-hybridized carbons (Fsp3) is 0.667. The van der Waals surface area contributed by atoms with Crippen LogP contribution >= 0.6 is 0 Å². The van der Waals surface area contributed by atoms with Gasteiger partial charge in [0.1, 0.15) is 5.76 Å². The van der Waals surface area contributed by atoms with Gasteiger partial charge in [-0.15, -0.1) is 0 Å². The van der Waals surface area contributed by atoms with Crippen molar-refractivity contribution in [2.24, 2.45) is 5.41 Å². The molecule has 14 heavy (non-hydrogen) atoms. The number of nitrogens with one attached hydrogen (secondary N) is 1. The Kier molecular flexibility index (Phi) is 2.30. The van der Waals surface area contributed by atoms with E-state index in [0.717, 1.165) is 25.1 Å². The van der Waals surface area contributed by atoms with Gasteiger partial charge in [-0.3, -0.25) is 0 Å². The van der Waals surface area contributed by atoms with Crippen LogP contribution in [0, 0.1) is 5.41 Å². The van der Waals surface area contributed by atoms with E-state index in [1.807, 2.05) is 6.26 Å². The van der Waals surface area contributed by atoms with Gasteiger partial charge in [0.25, 0.3) is 0 Å². The molecule has 0 atom stereocenters. The van der Waals surface area contributed by atoms with Gasteiger partial charge in [0.05, 0.1) is 12.0 Å². The first-order chi connectivity index (χ1) is 6.56. The molecule has 2 heteroatoms. The van der Waals surface area contributed by atoms with Crippen molar-refractivity contribution in [1.82, 2.24) is 0 Å². The van der Waals surface area contributed by atoms with E-state index >= 15 is 0 Å². The Morgan fingerprint density at radius 1 is 1.43 bits per heavy atom. The standard InChI is InChI=1S/C12H19NO/c1-12(2,3)7-9-8-14-10-5-4-6-13-11(9)10/h8,13H,4-7H2,1-3H3. The Balaban J connectivity index is 2.22. The summed E-state index contributed by atoms with van der Waals surface area (Å²) < 4.78 is 5.57. The van der Waals surface area contributed by atoms with Gasteiger partial charge < -0.3 is 9.73 Å². The highest BCUT2D eigenvalue weighted by Crippen LogP contribution is 2.32. The SMILES string of the molecule is CC(C)(C)Cc1coc2c1NCCC2. The molecule has 1 aromatic rings. The lowest BCUT2D eigenvalue weighted by molar-refractivity contribution is 0.408. The highest BCUT2D eigenvalue weighted by molar-refractivity contribution is 5.55. The molecule has 0 aromatic carbocycles. The fourth-order valence-electron chi connectivity index (χ4n) is 2.00. The number of hydrogen-bond donors (Lipinski definition) is 1. The van der Waals surface area contributed by atoms with Gasteiger partial charge in [0.2, 0.25) is 0 Å². The van der Waals surface area contributed by atoms with E-state index < -0.39 is 0 Å². The molecule has 1 aromatic heterocycles. The minimum absolute atomic E-state index is 0.330. The summed E-state index contributed by atoms with van der Waals surface area (Å²) in [6.45, 7) is 7.86. The number of hydrogen-bond acceptors (Lipinski definition) is 2. The van der Waals surface area contributed by atoms with Gasteiger partial charge in [0, 0.05) is 18.5 Å². The number of rotatable bonds is 1. The predicted octanol–water partition coefficient (Wildman–Crippen LogP) is 3.23. The van der Waals surface area contributed by atoms with Crippen LogP contribution in [0.1, 0.15) is 38.5 Å². The molecule has 0 aliphatic carbocycles. The van der Waals surface area contributed by atoms with Gasteiger partial charge >= 0.3 is 0 Å². The van der Waals surface area contributed by atoms with E-state index in [0.29, 0.717) is 5.41 Å². The summed E-state index contributed by atoms with van der Waals surface area (Å²) in [7, 11) is 0. The van der Waals surface area contributed by atoms with Crippen molar-refractivity contribution in [2.45, 2.75) is 40.0 Å². The minimum Gasteiger partial charge on any atom is -0.467 e. The fourth-order valence-corrected chi connectivity index (χ4v) is 2.00. The third-order valence-electron chi connectivity index (χ3n) is 2.55. The molecule has 0 bridgehead atoms. The molecule has 0 spiro atoms. The van der Waals surface area contributed by atoms with Gasteiger partial charge in [-0.05, 0) is 18.3 Å². The molecule has 1 aliphatic rings. The van der Waals surface area contributed by atoms with Crippen LogP contribution in [-0.2, 0) is 12.8 Å². The zero-order valence-electron chi connectivity index (χ0n) is 9.31. The molecule has 0 saturated carbocycles. The van der Waals surface area contributed by atoms with Crippen molar-refractivity contribution in [3.63, 3.8) is 0 Å². The van der Waals surface area contributed by atoms with Crippen molar-refractivity contribution in [1.29, 1.82) is 0 Å². The van der Waals surface area contributed by atoms with Gasteiger partial charge in [-0.1, -0.05) is 20.8 Å². The average molecular weight is 193 g/mol. The Morgan fingerprint density at radius 2 is 2.21 bits per heavy atom. The molecule has 0 amide bonds. The van der Waals surface area contributed by atoms with Crippen molar-refractivity contribution >= 4 is 5.69 Å². The second-order valence-corrected chi connectivity index (χ2v) is 5.33. The molecule has 1 N–H and O–H groups in total. The number of aryl methyl sites for hydroxylation is 1. The first kappa shape index (κ1) is 9.63. The molecule has 0 saturated heterocycles. The molecular formula is C12H19NO. The molecule has 2 heterocycles. The predicted molar refractivity (Wildman–Crippen MR) is 58.7 cm³/mol. The minimum atomic E-state index is 0.330. The summed E-state index contributed by atoms with van der Waals surface area (Å²) in [5, 5.41) is 3.44. The third-order valence-corrected chi connectivity index (χ3v) is 2.55. The van der Waals surface area contributed by atoms with Crippen LogP contribution in [0.5, 0.6) is 0 Å². The zero-order valence-corrected chi connectivity index (χ0v) is 9.31. The van der Waals surface area contributed by atoms with Crippen molar-refractivity contribution in [3.05, 3.63) is 17.6 Å². The average Bonchev–Trinajstić information content (AvgIpc) is 2.47. The second-order valence-electron chi connectivity index (χ2n) is 5.33. The number of furan rings is 1. The molecule has 0 unspecified atom stereocenters. The maximum atomic E-state index is 5.57. The first-order valence-electron chi connectivity index (χ1n) is 5.39. The first-order valence-corrected chi connectivity index (χ1v) is 5.39. The van der Waals surface area contributed by atoms with Crippen LogP contribution in [0.3, 0.4) is 0 Å². The molecule has 78 valence electrons. The summed E-state index contributed by atoms with van der Waals surface area (Å²) in [6, 6.07) is 0. The van der Waals surface area contributed by atoms with Crippen molar-refractivity contribution < 1.29 is 4.42 Å². The van der Waals surface area contributed by atoms with E-state index in [1.54, 1.807) is 0 Å². The second kappa shape index (κ2) is 3.34. The van der Waals surface area contributed by atoms with Crippen LogP contribution < -0.4 is 5.32 Å². The quantitative estimate of drug-likeness (QED) is 0.740. The maximum absolute atomic E-state index is 5.57. The molecule has 0 fully saturated rings. The lowest BCUT2D eigenvalue weighted by Crippen LogP contribution is -2.14. The third kappa shape index (κ3) is 1.94. The molecule has 1 aliphatic heterocycles. The monoisotopic (exact) mass is 193 g/mol. The van der Waals surface area contributed by atoms with Gasteiger partial charge in [-0.2, -0.15) is 0 Å². The van der Waals surface area contributed by atoms with Crippen LogP contribution in [-0.4, -0.2) is 6.54 Å². The summed E-state index contributed by atoms with van der Waals surface area (Å²) >= 11 is 0. The summed E-state index contributed by atoms with van der Waals surface area (Å²) in [5.41, 5.74) is 2.94. The maximum Gasteiger partial charge on any atom is 0.127 e. The van der Waals surface area contributed by atoms with Crippen molar-refractivity contribution in [3.8, 4) is 0 Å². The summed E-state index contributed by atoms with van der Waals surface area (Å²) in [5.74, 6) is 1.15. The van der Waals surface area contributed by atoms with E-state index in [9.17, 15) is 0 Å². The highest BCUT2D eigenvalue weighted by atomic mass is 16.3. The Labute approximate surface area is 85.7 Å². The van der Waals surface area contributed by atoms with Crippen LogP contribution in [0.2, 0.25) is 0 Å². The highest BCUT2D eigenvalue weighted by Gasteiger charge is 2.20. The number of anilines is 1. The topological polar surface area (TPSA) is 25.2 Å². The van der Waals surface area contributed by atoms with E-state index in [-0.39, 0.29) is 0 Å². The molecule has 2 nitrogen and oxygen atoms in total. The van der Waals surface area contributed by atoms with Gasteiger partial charge in [-0.25, -0.2) is 0 Å². The molecule has 0 radical (unpaired) electrons. The van der Waals surface area contributed by atoms with Crippen molar-refractivity contribution in [2.75, 3.05) is 11.9 Å². The van der Waals surface area contributed by atoms with E-state index in [4.69, 9.17) is 4.42 Å². The molecule has 2 rings (SSSR count). The normalized spacial score (nSPS) is 16.2. The lowest BCUT2D eigenvalue weighted by atomic mass is 9.88. The van der Waals surface area contributed by atoms with Crippen LogP contribution in [0.4, 0.5) is 5.69 Å². The van der Waals surface area contributed by atoms with Crippen LogP contribution in [0.15, 0.2) is 10.7 Å². The van der Waals surface area contributed by atoms with Crippen LogP contribution in [0.25, 0.3) is 0 Å². The van der Waals surface area contributed by atoms with E-state index in [1.165, 1.54) is 17.7 Å².